The lowest BCUT2D eigenvalue weighted by Crippen LogP contribution is -2.31. The minimum absolute atomic E-state index is 0.0367. The van der Waals surface area contributed by atoms with Crippen molar-refractivity contribution in [1.29, 1.82) is 0 Å². The van der Waals surface area contributed by atoms with E-state index in [2.05, 4.69) is 0 Å². The number of hydrogen-bond acceptors (Lipinski definition) is 3. The zero-order valence-electron chi connectivity index (χ0n) is 14.3. The summed E-state index contributed by atoms with van der Waals surface area (Å²) in [6, 6.07) is 14.2. The predicted octanol–water partition coefficient (Wildman–Crippen LogP) is 3.97. The number of ether oxygens (including phenoxy) is 2. The molecule has 1 atom stereocenters. The third kappa shape index (κ3) is 4.10. The van der Waals surface area contributed by atoms with Crippen LogP contribution in [0.25, 0.3) is 0 Å². The minimum atomic E-state index is -0.410. The normalized spacial score (nSPS) is 16.7. The molecular formula is C20H22FNO3. The lowest BCUT2D eigenvalue weighted by molar-refractivity contribution is -0.132. The number of amides is 1. The van der Waals surface area contributed by atoms with Gasteiger partial charge in [0.05, 0.1) is 26.2 Å². The summed E-state index contributed by atoms with van der Waals surface area (Å²) in [7, 11) is 1.63. The topological polar surface area (TPSA) is 38.8 Å². The Morgan fingerprint density at radius 2 is 1.96 bits per heavy atom. The van der Waals surface area contributed by atoms with Gasteiger partial charge in [-0.25, -0.2) is 4.39 Å². The van der Waals surface area contributed by atoms with Crippen LogP contribution in [-0.2, 0) is 4.79 Å². The molecule has 0 saturated carbocycles. The van der Waals surface area contributed by atoms with E-state index in [4.69, 9.17) is 9.47 Å². The third-order valence-electron chi connectivity index (χ3n) is 4.48. The van der Waals surface area contributed by atoms with Gasteiger partial charge in [-0.15, -0.1) is 0 Å². The minimum Gasteiger partial charge on any atom is -0.497 e. The Morgan fingerprint density at radius 1 is 1.20 bits per heavy atom. The van der Waals surface area contributed by atoms with Crippen LogP contribution in [0, 0.1) is 5.82 Å². The molecule has 1 aliphatic heterocycles. The largest absolute Gasteiger partial charge is 0.497 e. The Balaban J connectivity index is 1.58. The number of rotatable bonds is 6. The van der Waals surface area contributed by atoms with Crippen LogP contribution < -0.4 is 9.47 Å². The van der Waals surface area contributed by atoms with Gasteiger partial charge >= 0.3 is 0 Å². The summed E-state index contributed by atoms with van der Waals surface area (Å²) in [4.78, 5) is 14.5. The number of carbonyl (C=O) groups excluding carboxylic acids is 1. The summed E-state index contributed by atoms with van der Waals surface area (Å²) >= 11 is 0. The molecule has 0 N–H and O–H groups in total. The number of carbonyl (C=O) groups is 1. The second-order valence-corrected chi connectivity index (χ2v) is 6.05. The van der Waals surface area contributed by atoms with Gasteiger partial charge in [-0.3, -0.25) is 4.79 Å². The van der Waals surface area contributed by atoms with Crippen molar-refractivity contribution in [3.05, 3.63) is 59.9 Å². The van der Waals surface area contributed by atoms with E-state index >= 15 is 0 Å². The molecule has 1 fully saturated rings. The van der Waals surface area contributed by atoms with Crippen molar-refractivity contribution in [2.45, 2.75) is 25.3 Å². The Hall–Kier alpha value is -2.56. The zero-order valence-corrected chi connectivity index (χ0v) is 14.3. The molecule has 1 aliphatic rings. The molecule has 0 radical (unpaired) electrons. The molecule has 0 bridgehead atoms. The van der Waals surface area contributed by atoms with Crippen molar-refractivity contribution >= 4 is 5.91 Å². The van der Waals surface area contributed by atoms with Gasteiger partial charge in [0.2, 0.25) is 5.91 Å². The number of halogens is 1. The maximum absolute atomic E-state index is 13.5. The highest BCUT2D eigenvalue weighted by Gasteiger charge is 2.29. The lowest BCUT2D eigenvalue weighted by Gasteiger charge is -2.25. The van der Waals surface area contributed by atoms with Crippen LogP contribution in [0.3, 0.4) is 0 Å². The molecule has 2 aromatic rings. The van der Waals surface area contributed by atoms with Crippen LogP contribution in [-0.4, -0.2) is 31.1 Å². The first-order chi connectivity index (χ1) is 12.2. The van der Waals surface area contributed by atoms with Crippen molar-refractivity contribution in [3.63, 3.8) is 0 Å². The van der Waals surface area contributed by atoms with Crippen LogP contribution in [0.4, 0.5) is 4.39 Å². The molecule has 3 rings (SSSR count). The fourth-order valence-electron chi connectivity index (χ4n) is 3.19. The molecule has 0 spiro atoms. The van der Waals surface area contributed by atoms with E-state index in [9.17, 15) is 9.18 Å². The van der Waals surface area contributed by atoms with Crippen molar-refractivity contribution in [2.24, 2.45) is 0 Å². The highest BCUT2D eigenvalue weighted by atomic mass is 19.1. The molecule has 1 amide bonds. The average Bonchev–Trinajstić information content (AvgIpc) is 3.13. The second kappa shape index (κ2) is 8.01. The van der Waals surface area contributed by atoms with E-state index < -0.39 is 5.82 Å². The Labute approximate surface area is 147 Å². The maximum atomic E-state index is 13.5. The van der Waals surface area contributed by atoms with E-state index in [0.717, 1.165) is 30.7 Å². The first-order valence-corrected chi connectivity index (χ1v) is 8.50. The highest BCUT2D eigenvalue weighted by molar-refractivity contribution is 5.77. The molecule has 25 heavy (non-hydrogen) atoms. The molecule has 5 heteroatoms. The molecule has 1 saturated heterocycles. The van der Waals surface area contributed by atoms with E-state index in [1.54, 1.807) is 25.3 Å². The number of methoxy groups -OCH3 is 1. The number of benzene rings is 2. The van der Waals surface area contributed by atoms with Gasteiger partial charge in [0, 0.05) is 6.54 Å². The maximum Gasteiger partial charge on any atom is 0.226 e. The van der Waals surface area contributed by atoms with Gasteiger partial charge < -0.3 is 14.4 Å². The van der Waals surface area contributed by atoms with Crippen LogP contribution in [0.1, 0.15) is 30.9 Å². The van der Waals surface area contributed by atoms with Crippen molar-refractivity contribution < 1.29 is 18.7 Å². The van der Waals surface area contributed by atoms with Crippen LogP contribution in [0.5, 0.6) is 11.5 Å². The second-order valence-electron chi connectivity index (χ2n) is 6.05. The fraction of sp³-hybridized carbons (Fsp3) is 0.350. The molecule has 1 unspecified atom stereocenters. The van der Waals surface area contributed by atoms with E-state index in [1.807, 2.05) is 29.2 Å². The summed E-state index contributed by atoms with van der Waals surface area (Å²) in [5.41, 5.74) is 1.11. The van der Waals surface area contributed by atoms with Crippen molar-refractivity contribution in [2.75, 3.05) is 20.3 Å². The summed E-state index contributed by atoms with van der Waals surface area (Å²) < 4.78 is 24.1. The SMILES string of the molecule is COc1ccc(C2CCCN2C(=O)CCOc2ccccc2F)cc1. The van der Waals surface area contributed by atoms with Crippen LogP contribution >= 0.6 is 0 Å². The summed E-state index contributed by atoms with van der Waals surface area (Å²) in [5, 5.41) is 0. The van der Waals surface area contributed by atoms with Gasteiger partial charge in [-0.2, -0.15) is 0 Å². The molecule has 1 heterocycles. The predicted molar refractivity (Wildman–Crippen MR) is 93.2 cm³/mol. The summed E-state index contributed by atoms with van der Waals surface area (Å²) in [6.07, 6.45) is 2.17. The molecule has 2 aromatic carbocycles. The van der Waals surface area contributed by atoms with Gasteiger partial charge in [0.15, 0.2) is 11.6 Å². The van der Waals surface area contributed by atoms with Crippen LogP contribution in [0.2, 0.25) is 0 Å². The summed E-state index contributed by atoms with van der Waals surface area (Å²) in [6.45, 7) is 0.917. The van der Waals surface area contributed by atoms with Gasteiger partial charge in [-0.05, 0) is 42.7 Å². The first-order valence-electron chi connectivity index (χ1n) is 8.50. The molecule has 132 valence electrons. The average molecular weight is 343 g/mol. The van der Waals surface area contributed by atoms with E-state index in [-0.39, 0.29) is 30.7 Å². The number of para-hydroxylation sites is 1. The standard InChI is InChI=1S/C20H22FNO3/c1-24-16-10-8-15(9-11-16)18-6-4-13-22(18)20(23)12-14-25-19-7-3-2-5-17(19)21/h2-3,5,7-11,18H,4,6,12-14H2,1H3. The first kappa shape index (κ1) is 17.3. The highest BCUT2D eigenvalue weighted by Crippen LogP contribution is 2.33. The van der Waals surface area contributed by atoms with Crippen LogP contribution in [0.15, 0.2) is 48.5 Å². The monoisotopic (exact) mass is 343 g/mol. The van der Waals surface area contributed by atoms with Gasteiger partial charge in [-0.1, -0.05) is 24.3 Å². The molecular weight excluding hydrogens is 321 g/mol. The Kier molecular flexibility index (Phi) is 5.53. The smallest absolute Gasteiger partial charge is 0.226 e. The van der Waals surface area contributed by atoms with E-state index in [0.29, 0.717) is 0 Å². The quantitative estimate of drug-likeness (QED) is 0.797. The van der Waals surface area contributed by atoms with E-state index in [1.165, 1.54) is 6.07 Å². The molecule has 4 nitrogen and oxygen atoms in total. The Morgan fingerprint density at radius 3 is 2.68 bits per heavy atom. The zero-order chi connectivity index (χ0) is 17.6. The van der Waals surface area contributed by atoms with Gasteiger partial charge in [0.1, 0.15) is 5.75 Å². The fourth-order valence-corrected chi connectivity index (χ4v) is 3.19. The molecule has 0 aliphatic carbocycles. The third-order valence-corrected chi connectivity index (χ3v) is 4.48. The van der Waals surface area contributed by atoms with Crippen molar-refractivity contribution in [1.82, 2.24) is 4.90 Å². The summed E-state index contributed by atoms with van der Waals surface area (Å²) in [5.74, 6) is 0.614. The Bertz CT molecular complexity index is 717. The van der Waals surface area contributed by atoms with Gasteiger partial charge in [0.25, 0.3) is 0 Å². The lowest BCUT2D eigenvalue weighted by atomic mass is 10.0. The molecule has 0 aromatic heterocycles. The number of likely N-dealkylation sites (tertiary alicyclic amines) is 1. The van der Waals surface area contributed by atoms with Crippen molar-refractivity contribution in [3.8, 4) is 11.5 Å². The number of hydrogen-bond donors (Lipinski definition) is 0. The number of nitrogens with zero attached hydrogens (tertiary/aromatic N) is 1.